The third-order valence-electron chi connectivity index (χ3n) is 7.48. The van der Waals surface area contributed by atoms with Crippen molar-refractivity contribution in [2.75, 3.05) is 13.1 Å². The molecule has 2 aliphatic rings. The molecule has 0 radical (unpaired) electrons. The molecular formula is C31H24F3N3O4. The molecule has 2 aliphatic heterocycles. The first kappa shape index (κ1) is 26.4. The third-order valence-corrected chi connectivity index (χ3v) is 7.48. The third kappa shape index (κ3) is 4.86. The number of halogens is 3. The molecule has 1 aromatic heterocycles. The van der Waals surface area contributed by atoms with Crippen LogP contribution in [-0.4, -0.2) is 34.4 Å². The maximum Gasteiger partial charge on any atom is 0.274 e. The van der Waals surface area contributed by atoms with Crippen LogP contribution in [0.1, 0.15) is 49.1 Å². The number of amides is 2. The van der Waals surface area contributed by atoms with Gasteiger partial charge in [-0.1, -0.05) is 54.6 Å². The number of nitrogens with zero attached hydrogens (tertiary/aromatic N) is 2. The highest BCUT2D eigenvalue weighted by molar-refractivity contribution is 5.99. The zero-order valence-corrected chi connectivity index (χ0v) is 21.7. The Hall–Kier alpha value is -4.86. The Kier molecular flexibility index (Phi) is 6.82. The first-order valence-corrected chi connectivity index (χ1v) is 13.1. The summed E-state index contributed by atoms with van der Waals surface area (Å²) in [6.07, 6.45) is 1.93. The second kappa shape index (κ2) is 10.6. The average Bonchev–Trinajstić information content (AvgIpc) is 3.13. The molecule has 2 amide bonds. The fourth-order valence-corrected chi connectivity index (χ4v) is 5.41. The van der Waals surface area contributed by atoms with Crippen LogP contribution in [0.2, 0.25) is 0 Å². The molecule has 0 saturated carbocycles. The van der Waals surface area contributed by atoms with Gasteiger partial charge >= 0.3 is 0 Å². The Morgan fingerprint density at radius 3 is 2.44 bits per heavy atom. The normalized spacial score (nSPS) is 15.5. The molecule has 3 heterocycles. The Labute approximate surface area is 232 Å². The van der Waals surface area contributed by atoms with Crippen molar-refractivity contribution in [3.8, 4) is 5.75 Å². The fourth-order valence-electron chi connectivity index (χ4n) is 5.41. The topological polar surface area (TPSA) is 80.6 Å². The van der Waals surface area contributed by atoms with Gasteiger partial charge in [-0.2, -0.15) is 0 Å². The van der Waals surface area contributed by atoms with E-state index in [0.717, 1.165) is 16.7 Å². The van der Waals surface area contributed by atoms with Crippen LogP contribution in [-0.2, 0) is 19.6 Å². The van der Waals surface area contributed by atoms with Crippen molar-refractivity contribution in [3.63, 3.8) is 0 Å². The SMILES string of the molecule is O=C(NCc1c(F)cc(F)cc1F)c1cn2c(c(OCc3ccccc3)c1=O)C(=O)N1CCc3ccccc3[C@H]2C1. The van der Waals surface area contributed by atoms with Gasteiger partial charge in [0.15, 0.2) is 11.4 Å². The van der Waals surface area contributed by atoms with Gasteiger partial charge < -0.3 is 19.5 Å². The summed E-state index contributed by atoms with van der Waals surface area (Å²) in [6.45, 7) is 0.123. The zero-order valence-electron chi connectivity index (χ0n) is 21.7. The highest BCUT2D eigenvalue weighted by Gasteiger charge is 2.39. The molecule has 0 fully saturated rings. The molecule has 1 N–H and O–H groups in total. The van der Waals surface area contributed by atoms with Crippen LogP contribution < -0.4 is 15.5 Å². The van der Waals surface area contributed by atoms with Gasteiger partial charge in [-0.05, 0) is 23.1 Å². The van der Waals surface area contributed by atoms with Crippen LogP contribution in [0.25, 0.3) is 0 Å². The monoisotopic (exact) mass is 559 g/mol. The van der Waals surface area contributed by atoms with Crippen LogP contribution in [0.15, 0.2) is 77.7 Å². The molecule has 4 aromatic rings. The first-order chi connectivity index (χ1) is 19.8. The second-order valence-electron chi connectivity index (χ2n) is 9.98. The Morgan fingerprint density at radius 1 is 0.976 bits per heavy atom. The number of fused-ring (bicyclic) bond motifs is 6. The van der Waals surface area contributed by atoms with E-state index in [0.29, 0.717) is 31.6 Å². The van der Waals surface area contributed by atoms with Gasteiger partial charge in [0.1, 0.15) is 29.6 Å². The summed E-state index contributed by atoms with van der Waals surface area (Å²) < 4.78 is 49.3. The van der Waals surface area contributed by atoms with E-state index in [-0.39, 0.29) is 23.6 Å². The molecule has 2 bridgehead atoms. The lowest BCUT2D eigenvalue weighted by Crippen LogP contribution is -2.45. The standard InChI is InChI=1S/C31H24F3N3O4/c32-20-12-24(33)22(25(34)13-20)14-35-30(39)23-15-37-26-16-36(11-10-19-8-4-5-9-21(19)26)31(40)27(37)29(28(23)38)41-17-18-6-2-1-3-7-18/h1-9,12-13,15,26H,10-11,14,16-17H2,(H,35,39)/t26-/m1/s1. The number of pyridine rings is 1. The molecular weight excluding hydrogens is 535 g/mol. The molecule has 10 heteroatoms. The summed E-state index contributed by atoms with van der Waals surface area (Å²) in [4.78, 5) is 42.4. The number of hydrogen-bond donors (Lipinski definition) is 1. The maximum absolute atomic E-state index is 14.2. The van der Waals surface area contributed by atoms with Gasteiger partial charge in [0.2, 0.25) is 5.43 Å². The lowest BCUT2D eigenvalue weighted by Gasteiger charge is -2.35. The number of ether oxygens (including phenoxy) is 1. The van der Waals surface area contributed by atoms with E-state index in [2.05, 4.69) is 5.32 Å². The summed E-state index contributed by atoms with van der Waals surface area (Å²) in [5.41, 5.74) is 1.03. The summed E-state index contributed by atoms with van der Waals surface area (Å²) in [5.74, 6) is -5.02. The van der Waals surface area contributed by atoms with Crippen molar-refractivity contribution in [2.45, 2.75) is 25.6 Å². The minimum absolute atomic E-state index is 0.0330. The molecule has 0 unspecified atom stereocenters. The quantitative estimate of drug-likeness (QED) is 0.381. The van der Waals surface area contributed by atoms with E-state index in [1.54, 1.807) is 33.7 Å². The Morgan fingerprint density at radius 2 is 1.68 bits per heavy atom. The number of hydrogen-bond acceptors (Lipinski definition) is 4. The summed E-state index contributed by atoms with van der Waals surface area (Å²) in [6, 6.07) is 17.4. The van der Waals surface area contributed by atoms with Gasteiger partial charge in [0.05, 0.1) is 6.04 Å². The van der Waals surface area contributed by atoms with Crippen molar-refractivity contribution < 1.29 is 27.5 Å². The molecule has 0 aliphatic carbocycles. The zero-order chi connectivity index (χ0) is 28.7. The highest BCUT2D eigenvalue weighted by Crippen LogP contribution is 2.35. The Balaban J connectivity index is 1.44. The molecule has 0 spiro atoms. The molecule has 3 aromatic carbocycles. The van der Waals surface area contributed by atoms with E-state index in [1.807, 2.05) is 30.3 Å². The van der Waals surface area contributed by atoms with E-state index in [4.69, 9.17) is 4.74 Å². The number of benzene rings is 3. The fraction of sp³-hybridized carbons (Fsp3) is 0.194. The predicted molar refractivity (Wildman–Crippen MR) is 143 cm³/mol. The number of nitrogens with one attached hydrogen (secondary N) is 1. The lowest BCUT2D eigenvalue weighted by atomic mass is 9.97. The van der Waals surface area contributed by atoms with Crippen molar-refractivity contribution in [1.82, 2.24) is 14.8 Å². The molecule has 7 nitrogen and oxygen atoms in total. The number of carbonyl (C=O) groups excluding carboxylic acids is 2. The van der Waals surface area contributed by atoms with Crippen molar-refractivity contribution >= 4 is 11.8 Å². The van der Waals surface area contributed by atoms with Crippen molar-refractivity contribution in [1.29, 1.82) is 0 Å². The summed E-state index contributed by atoms with van der Waals surface area (Å²) >= 11 is 0. The number of aromatic nitrogens is 1. The van der Waals surface area contributed by atoms with Gasteiger partial charge in [0.25, 0.3) is 11.8 Å². The predicted octanol–water partition coefficient (Wildman–Crippen LogP) is 4.38. The van der Waals surface area contributed by atoms with Crippen molar-refractivity contribution in [2.24, 2.45) is 0 Å². The van der Waals surface area contributed by atoms with Crippen LogP contribution in [0.4, 0.5) is 13.2 Å². The summed E-state index contributed by atoms with van der Waals surface area (Å²) in [7, 11) is 0. The number of rotatable bonds is 6. The van der Waals surface area contributed by atoms with Crippen LogP contribution in [0.3, 0.4) is 0 Å². The molecule has 208 valence electrons. The Bertz CT molecular complexity index is 1720. The molecule has 41 heavy (non-hydrogen) atoms. The van der Waals surface area contributed by atoms with E-state index in [1.165, 1.54) is 6.20 Å². The van der Waals surface area contributed by atoms with Crippen LogP contribution in [0, 0.1) is 17.5 Å². The smallest absolute Gasteiger partial charge is 0.274 e. The largest absolute Gasteiger partial charge is 0.483 e. The van der Waals surface area contributed by atoms with Gasteiger partial charge in [-0.25, -0.2) is 13.2 Å². The molecule has 6 rings (SSSR count). The van der Waals surface area contributed by atoms with E-state index in [9.17, 15) is 27.6 Å². The van der Waals surface area contributed by atoms with E-state index >= 15 is 0 Å². The summed E-state index contributed by atoms with van der Waals surface area (Å²) in [5, 5.41) is 2.36. The lowest BCUT2D eigenvalue weighted by molar-refractivity contribution is 0.0682. The van der Waals surface area contributed by atoms with Gasteiger partial charge in [0, 0.05) is 43.5 Å². The van der Waals surface area contributed by atoms with Crippen LogP contribution >= 0.6 is 0 Å². The molecule has 0 saturated heterocycles. The highest BCUT2D eigenvalue weighted by atomic mass is 19.1. The first-order valence-electron chi connectivity index (χ1n) is 13.1. The second-order valence-corrected chi connectivity index (χ2v) is 9.98. The minimum Gasteiger partial charge on any atom is -0.483 e. The van der Waals surface area contributed by atoms with Gasteiger partial charge in [-0.3, -0.25) is 14.4 Å². The minimum atomic E-state index is -1.17. The number of carbonyl (C=O) groups is 2. The average molecular weight is 560 g/mol. The van der Waals surface area contributed by atoms with E-state index < -0.39 is 52.8 Å². The van der Waals surface area contributed by atoms with Crippen molar-refractivity contribution in [3.05, 3.63) is 134 Å². The van der Waals surface area contributed by atoms with Gasteiger partial charge in [-0.15, -0.1) is 0 Å². The van der Waals surface area contributed by atoms with Crippen LogP contribution in [0.5, 0.6) is 5.75 Å². The maximum atomic E-state index is 14.2. The molecule has 1 atom stereocenters.